The van der Waals surface area contributed by atoms with Gasteiger partial charge in [-0.1, -0.05) is 13.8 Å². The molecule has 1 aromatic rings. The van der Waals surface area contributed by atoms with Crippen LogP contribution in [0.1, 0.15) is 57.5 Å². The van der Waals surface area contributed by atoms with E-state index < -0.39 is 0 Å². The molecule has 4 nitrogen and oxygen atoms in total. The van der Waals surface area contributed by atoms with Crippen LogP contribution in [0.25, 0.3) is 0 Å². The van der Waals surface area contributed by atoms with Crippen LogP contribution in [-0.2, 0) is 16.0 Å². The molecule has 118 valence electrons. The lowest BCUT2D eigenvalue weighted by Crippen LogP contribution is -2.34. The van der Waals surface area contributed by atoms with Crippen LogP contribution in [0.5, 0.6) is 0 Å². The highest BCUT2D eigenvalue weighted by Gasteiger charge is 2.34. The Balaban J connectivity index is 2.22. The third-order valence-electron chi connectivity index (χ3n) is 3.71. The summed E-state index contributed by atoms with van der Waals surface area (Å²) in [5, 5.41) is 1.05. The third-order valence-corrected chi connectivity index (χ3v) is 4.88. The Morgan fingerprint density at radius 2 is 2.14 bits per heavy atom. The molecule has 0 amide bonds. The minimum absolute atomic E-state index is 0.118. The first-order valence-electron chi connectivity index (χ1n) is 7.86. The highest BCUT2D eigenvalue weighted by Crippen LogP contribution is 2.40. The van der Waals surface area contributed by atoms with Crippen LogP contribution in [0.3, 0.4) is 0 Å². The van der Waals surface area contributed by atoms with E-state index in [0.29, 0.717) is 18.6 Å². The topological polar surface area (TPSA) is 42.4 Å². The predicted molar refractivity (Wildman–Crippen MR) is 87.1 cm³/mol. The summed E-state index contributed by atoms with van der Waals surface area (Å²) >= 11 is 1.75. The standard InChI is InChI=1S/C16H26N2O2S/c1-6-20-15(19)12-7-8-13-14(12)17-16(21-13)18(11(4)5)9-10(2)3/h10-12H,6-9H2,1-5H3. The highest BCUT2D eigenvalue weighted by atomic mass is 32.1. The fraction of sp³-hybridized carbons (Fsp3) is 0.750. The molecular formula is C16H26N2O2S. The van der Waals surface area contributed by atoms with Gasteiger partial charge in [-0.25, -0.2) is 4.98 Å². The Bertz CT molecular complexity index is 496. The fourth-order valence-corrected chi connectivity index (χ4v) is 3.99. The lowest BCUT2D eigenvalue weighted by Gasteiger charge is -2.28. The van der Waals surface area contributed by atoms with Crippen LogP contribution in [0, 0.1) is 5.92 Å². The molecule has 0 saturated heterocycles. The number of hydrogen-bond donors (Lipinski definition) is 0. The van der Waals surface area contributed by atoms with Crippen molar-refractivity contribution in [3.05, 3.63) is 10.6 Å². The summed E-state index contributed by atoms with van der Waals surface area (Å²) in [5.41, 5.74) is 0.961. The molecule has 0 fully saturated rings. The van der Waals surface area contributed by atoms with Crippen LogP contribution >= 0.6 is 11.3 Å². The molecule has 5 heteroatoms. The summed E-state index contributed by atoms with van der Waals surface area (Å²) in [6.07, 6.45) is 1.79. The number of nitrogens with zero attached hydrogens (tertiary/aromatic N) is 2. The number of fused-ring (bicyclic) bond motifs is 1. The van der Waals surface area contributed by atoms with E-state index in [4.69, 9.17) is 9.72 Å². The normalized spacial score (nSPS) is 17.4. The van der Waals surface area contributed by atoms with Crippen molar-refractivity contribution < 1.29 is 9.53 Å². The van der Waals surface area contributed by atoms with Crippen LogP contribution in [-0.4, -0.2) is 30.1 Å². The zero-order valence-corrected chi connectivity index (χ0v) is 14.5. The van der Waals surface area contributed by atoms with Crippen molar-refractivity contribution in [3.8, 4) is 0 Å². The quantitative estimate of drug-likeness (QED) is 0.753. The van der Waals surface area contributed by atoms with Gasteiger partial charge in [-0.15, -0.1) is 11.3 Å². The van der Waals surface area contributed by atoms with Gasteiger partial charge in [0.05, 0.1) is 12.3 Å². The average Bonchev–Trinajstić information content (AvgIpc) is 2.94. The molecule has 0 radical (unpaired) electrons. The van der Waals surface area contributed by atoms with Crippen molar-refractivity contribution in [2.24, 2.45) is 5.92 Å². The molecule has 1 unspecified atom stereocenters. The summed E-state index contributed by atoms with van der Waals surface area (Å²) in [5.74, 6) is 0.318. The highest BCUT2D eigenvalue weighted by molar-refractivity contribution is 7.15. The molecule has 2 rings (SSSR count). The molecule has 0 spiro atoms. The van der Waals surface area contributed by atoms with E-state index >= 15 is 0 Å². The number of aromatic nitrogens is 1. The van der Waals surface area contributed by atoms with Crippen molar-refractivity contribution in [1.29, 1.82) is 0 Å². The molecular weight excluding hydrogens is 284 g/mol. The van der Waals surface area contributed by atoms with Crippen LogP contribution in [0.2, 0.25) is 0 Å². The Morgan fingerprint density at radius 3 is 2.71 bits per heavy atom. The van der Waals surface area contributed by atoms with Gasteiger partial charge in [0.2, 0.25) is 0 Å². The van der Waals surface area contributed by atoms with Gasteiger partial charge in [-0.05, 0) is 39.5 Å². The van der Waals surface area contributed by atoms with E-state index in [2.05, 4.69) is 32.6 Å². The first-order chi connectivity index (χ1) is 9.93. The van der Waals surface area contributed by atoms with Crippen molar-refractivity contribution >= 4 is 22.4 Å². The third kappa shape index (κ3) is 3.57. The largest absolute Gasteiger partial charge is 0.465 e. The summed E-state index contributed by atoms with van der Waals surface area (Å²) in [4.78, 5) is 20.4. The SMILES string of the molecule is CCOC(=O)C1CCc2sc(N(CC(C)C)C(C)C)nc21. The van der Waals surface area contributed by atoms with E-state index in [9.17, 15) is 4.79 Å². The van der Waals surface area contributed by atoms with Crippen LogP contribution in [0.15, 0.2) is 0 Å². The second-order valence-electron chi connectivity index (χ2n) is 6.29. The average molecular weight is 310 g/mol. The molecule has 1 aromatic heterocycles. The Hall–Kier alpha value is -1.10. The van der Waals surface area contributed by atoms with E-state index in [1.807, 2.05) is 6.92 Å². The van der Waals surface area contributed by atoms with Crippen LogP contribution in [0.4, 0.5) is 5.13 Å². The number of ether oxygens (including phenoxy) is 1. The first kappa shape index (κ1) is 16.3. The molecule has 0 saturated carbocycles. The lowest BCUT2D eigenvalue weighted by atomic mass is 10.1. The van der Waals surface area contributed by atoms with E-state index in [1.54, 1.807) is 11.3 Å². The van der Waals surface area contributed by atoms with Gasteiger partial charge < -0.3 is 9.64 Å². The van der Waals surface area contributed by atoms with Gasteiger partial charge >= 0.3 is 5.97 Å². The van der Waals surface area contributed by atoms with Crippen molar-refractivity contribution in [2.75, 3.05) is 18.1 Å². The maximum Gasteiger partial charge on any atom is 0.315 e. The Labute approximate surface area is 131 Å². The smallest absolute Gasteiger partial charge is 0.315 e. The molecule has 1 aliphatic rings. The summed E-state index contributed by atoms with van der Waals surface area (Å²) in [7, 11) is 0. The first-order valence-corrected chi connectivity index (χ1v) is 8.68. The number of carbonyl (C=O) groups is 1. The van der Waals surface area contributed by atoms with Crippen molar-refractivity contribution in [2.45, 2.75) is 59.4 Å². The Morgan fingerprint density at radius 1 is 1.43 bits per heavy atom. The predicted octanol–water partition coefficient (Wildman–Crippen LogP) is 3.61. The molecule has 1 heterocycles. The van der Waals surface area contributed by atoms with E-state index in [0.717, 1.165) is 30.2 Å². The molecule has 0 aliphatic heterocycles. The molecule has 0 bridgehead atoms. The molecule has 1 atom stereocenters. The van der Waals surface area contributed by atoms with Gasteiger partial charge in [-0.2, -0.15) is 0 Å². The van der Waals surface area contributed by atoms with Gasteiger partial charge in [0.1, 0.15) is 5.92 Å². The molecule has 1 aliphatic carbocycles. The number of thiazole rings is 1. The summed E-state index contributed by atoms with van der Waals surface area (Å²) in [6.45, 7) is 12.1. The zero-order valence-electron chi connectivity index (χ0n) is 13.7. The maximum absolute atomic E-state index is 12.0. The van der Waals surface area contributed by atoms with Gasteiger partial charge in [0, 0.05) is 17.5 Å². The Kier molecular flexibility index (Phi) is 5.25. The summed E-state index contributed by atoms with van der Waals surface area (Å²) in [6, 6.07) is 0.416. The van der Waals surface area contributed by atoms with Gasteiger partial charge in [-0.3, -0.25) is 4.79 Å². The zero-order chi connectivity index (χ0) is 15.6. The minimum Gasteiger partial charge on any atom is -0.465 e. The summed E-state index contributed by atoms with van der Waals surface area (Å²) < 4.78 is 5.18. The number of carbonyl (C=O) groups excluding carboxylic acids is 1. The number of anilines is 1. The molecule has 21 heavy (non-hydrogen) atoms. The second kappa shape index (κ2) is 6.77. The fourth-order valence-electron chi connectivity index (χ4n) is 2.71. The number of aryl methyl sites for hydroxylation is 1. The van der Waals surface area contributed by atoms with Gasteiger partial charge in [0.15, 0.2) is 5.13 Å². The van der Waals surface area contributed by atoms with Crippen LogP contribution < -0.4 is 4.90 Å². The van der Waals surface area contributed by atoms with E-state index in [-0.39, 0.29) is 11.9 Å². The van der Waals surface area contributed by atoms with Crippen molar-refractivity contribution in [3.63, 3.8) is 0 Å². The number of rotatable bonds is 6. The number of esters is 1. The van der Waals surface area contributed by atoms with E-state index in [1.165, 1.54) is 4.88 Å². The van der Waals surface area contributed by atoms with Gasteiger partial charge in [0.25, 0.3) is 0 Å². The molecule has 0 aromatic carbocycles. The monoisotopic (exact) mass is 310 g/mol. The second-order valence-corrected chi connectivity index (χ2v) is 7.35. The molecule has 0 N–H and O–H groups in total. The minimum atomic E-state index is -0.155. The van der Waals surface area contributed by atoms with Crippen molar-refractivity contribution in [1.82, 2.24) is 4.98 Å². The number of hydrogen-bond acceptors (Lipinski definition) is 5. The maximum atomic E-state index is 12.0. The lowest BCUT2D eigenvalue weighted by molar-refractivity contribution is -0.145.